The van der Waals surface area contributed by atoms with Crippen LogP contribution < -0.4 is 9.47 Å². The Morgan fingerprint density at radius 1 is 1.19 bits per heavy atom. The van der Waals surface area contributed by atoms with Gasteiger partial charge in [0.15, 0.2) is 17.2 Å². The molecule has 0 saturated heterocycles. The van der Waals surface area contributed by atoms with E-state index in [-0.39, 0.29) is 17.3 Å². The second-order valence-corrected chi connectivity index (χ2v) is 5.35. The molecule has 0 radical (unpaired) electrons. The highest BCUT2D eigenvalue weighted by Gasteiger charge is 2.24. The molecule has 0 N–H and O–H groups in total. The van der Waals surface area contributed by atoms with Crippen LogP contribution in [0.4, 0.5) is 4.39 Å². The molecule has 0 saturated carbocycles. The Morgan fingerprint density at radius 3 is 2.69 bits per heavy atom. The van der Waals surface area contributed by atoms with Crippen molar-refractivity contribution in [1.29, 1.82) is 0 Å². The quantitative estimate of drug-likeness (QED) is 0.479. The molecule has 0 fully saturated rings. The minimum Gasteiger partial charge on any atom is -0.493 e. The number of benzene rings is 2. The summed E-state index contributed by atoms with van der Waals surface area (Å²) in [6.45, 7) is 1.27. The molecule has 1 heterocycles. The lowest BCUT2D eigenvalue weighted by molar-refractivity contribution is -0.132. The van der Waals surface area contributed by atoms with Gasteiger partial charge >= 0.3 is 11.9 Å². The first-order valence-electron chi connectivity index (χ1n) is 7.61. The van der Waals surface area contributed by atoms with E-state index in [2.05, 4.69) is 4.99 Å². The minimum atomic E-state index is -0.658. The number of carbonyl (C=O) groups is 2. The van der Waals surface area contributed by atoms with Crippen molar-refractivity contribution in [3.05, 3.63) is 65.1 Å². The normalized spacial score (nSPS) is 14.8. The van der Waals surface area contributed by atoms with E-state index in [1.54, 1.807) is 18.2 Å². The van der Waals surface area contributed by atoms with Gasteiger partial charge in [-0.05, 0) is 42.0 Å². The molecule has 0 spiro atoms. The van der Waals surface area contributed by atoms with Gasteiger partial charge < -0.3 is 14.2 Å². The average molecular weight is 355 g/mol. The van der Waals surface area contributed by atoms with E-state index in [4.69, 9.17) is 14.2 Å². The van der Waals surface area contributed by atoms with E-state index in [0.29, 0.717) is 16.9 Å². The number of ether oxygens (including phenoxy) is 3. The topological polar surface area (TPSA) is 74.2 Å². The first-order chi connectivity index (χ1) is 12.5. The molecule has 0 bridgehead atoms. The Labute approximate surface area is 148 Å². The Balaban J connectivity index is 1.94. The van der Waals surface area contributed by atoms with Crippen LogP contribution in [0.1, 0.15) is 18.1 Å². The molecule has 132 valence electrons. The van der Waals surface area contributed by atoms with Gasteiger partial charge in [-0.2, -0.15) is 0 Å². The molecular formula is C19H14FNO5. The lowest BCUT2D eigenvalue weighted by atomic mass is 10.1. The van der Waals surface area contributed by atoms with E-state index in [0.717, 1.165) is 0 Å². The fourth-order valence-electron chi connectivity index (χ4n) is 2.33. The van der Waals surface area contributed by atoms with Crippen molar-refractivity contribution in [3.63, 3.8) is 0 Å². The Kier molecular flexibility index (Phi) is 4.79. The van der Waals surface area contributed by atoms with Gasteiger partial charge in [-0.3, -0.25) is 4.79 Å². The van der Waals surface area contributed by atoms with E-state index >= 15 is 0 Å². The molecule has 0 atom stereocenters. The Bertz CT molecular complexity index is 949. The van der Waals surface area contributed by atoms with Crippen molar-refractivity contribution in [2.45, 2.75) is 6.92 Å². The molecule has 2 aromatic carbocycles. The summed E-state index contributed by atoms with van der Waals surface area (Å²) in [6, 6.07) is 10.4. The molecule has 0 aliphatic carbocycles. The zero-order valence-electron chi connectivity index (χ0n) is 14.0. The average Bonchev–Trinajstić information content (AvgIpc) is 2.95. The van der Waals surface area contributed by atoms with Gasteiger partial charge in [-0.15, -0.1) is 0 Å². The molecule has 0 aromatic heterocycles. The number of carbonyl (C=O) groups excluding carboxylic acids is 2. The molecule has 3 rings (SSSR count). The molecule has 6 nitrogen and oxygen atoms in total. The summed E-state index contributed by atoms with van der Waals surface area (Å²) in [4.78, 5) is 27.3. The van der Waals surface area contributed by atoms with Gasteiger partial charge in [0.2, 0.25) is 5.90 Å². The van der Waals surface area contributed by atoms with E-state index in [1.807, 2.05) is 0 Å². The van der Waals surface area contributed by atoms with Crippen molar-refractivity contribution in [2.24, 2.45) is 4.99 Å². The molecule has 7 heteroatoms. The summed E-state index contributed by atoms with van der Waals surface area (Å²) >= 11 is 0. The zero-order valence-corrected chi connectivity index (χ0v) is 14.0. The minimum absolute atomic E-state index is 0.0227. The smallest absolute Gasteiger partial charge is 0.363 e. The van der Waals surface area contributed by atoms with Crippen LogP contribution in [0.3, 0.4) is 0 Å². The number of rotatable bonds is 4. The van der Waals surface area contributed by atoms with Gasteiger partial charge in [0.25, 0.3) is 0 Å². The zero-order chi connectivity index (χ0) is 18.7. The third kappa shape index (κ3) is 3.77. The third-order valence-corrected chi connectivity index (χ3v) is 3.44. The molecule has 2 aromatic rings. The Hall–Kier alpha value is -3.48. The SMILES string of the molecule is COc1ccc(/C=C2\N=C(c3cccc(F)c3)OC2=O)cc1OC(C)=O. The second kappa shape index (κ2) is 7.18. The van der Waals surface area contributed by atoms with Gasteiger partial charge in [-0.25, -0.2) is 14.2 Å². The van der Waals surface area contributed by atoms with Gasteiger partial charge in [0.05, 0.1) is 7.11 Å². The number of methoxy groups -OCH3 is 1. The molecule has 1 aliphatic rings. The lowest BCUT2D eigenvalue weighted by Gasteiger charge is -2.08. The van der Waals surface area contributed by atoms with Crippen LogP contribution >= 0.6 is 0 Å². The van der Waals surface area contributed by atoms with Crippen LogP contribution in [0, 0.1) is 5.82 Å². The molecular weight excluding hydrogens is 341 g/mol. The van der Waals surface area contributed by atoms with Crippen LogP contribution in [-0.2, 0) is 14.3 Å². The van der Waals surface area contributed by atoms with Gasteiger partial charge in [-0.1, -0.05) is 12.1 Å². The van der Waals surface area contributed by atoms with Gasteiger partial charge in [0, 0.05) is 12.5 Å². The highest BCUT2D eigenvalue weighted by atomic mass is 19.1. The largest absolute Gasteiger partial charge is 0.493 e. The van der Waals surface area contributed by atoms with Gasteiger partial charge in [0.1, 0.15) is 5.82 Å². The molecule has 0 unspecified atom stereocenters. The summed E-state index contributed by atoms with van der Waals surface area (Å²) in [7, 11) is 1.45. The second-order valence-electron chi connectivity index (χ2n) is 5.35. The number of aliphatic imine (C=N–C) groups is 1. The number of nitrogens with zero attached hydrogens (tertiary/aromatic N) is 1. The number of hydrogen-bond acceptors (Lipinski definition) is 6. The van der Waals surface area contributed by atoms with Crippen LogP contribution in [0.25, 0.3) is 6.08 Å². The molecule has 26 heavy (non-hydrogen) atoms. The molecule has 0 amide bonds. The first-order valence-corrected chi connectivity index (χ1v) is 7.61. The third-order valence-electron chi connectivity index (χ3n) is 3.44. The number of esters is 2. The standard InChI is InChI=1S/C19H14FNO5/c1-11(22)25-17-9-12(6-7-16(17)24-2)8-15-19(23)26-18(21-15)13-4-3-5-14(20)10-13/h3-10H,1-2H3/b15-8-. The van der Waals surface area contributed by atoms with Crippen molar-refractivity contribution in [2.75, 3.05) is 7.11 Å². The predicted octanol–water partition coefficient (Wildman–Crippen LogP) is 3.10. The fraction of sp³-hybridized carbons (Fsp3) is 0.105. The molecule has 1 aliphatic heterocycles. The maximum atomic E-state index is 13.3. The maximum absolute atomic E-state index is 13.3. The lowest BCUT2D eigenvalue weighted by Crippen LogP contribution is -2.05. The van der Waals surface area contributed by atoms with Crippen molar-refractivity contribution in [3.8, 4) is 11.5 Å². The van der Waals surface area contributed by atoms with Crippen molar-refractivity contribution < 1.29 is 28.2 Å². The fourth-order valence-corrected chi connectivity index (χ4v) is 2.33. The van der Waals surface area contributed by atoms with Crippen molar-refractivity contribution >= 4 is 23.9 Å². The Morgan fingerprint density at radius 2 is 2.00 bits per heavy atom. The number of hydrogen-bond donors (Lipinski definition) is 0. The number of halogens is 1. The van der Waals surface area contributed by atoms with Crippen molar-refractivity contribution in [1.82, 2.24) is 0 Å². The van der Waals surface area contributed by atoms with Crippen LogP contribution in [0.15, 0.2) is 53.2 Å². The number of cyclic esters (lactones) is 1. The summed E-state index contributed by atoms with van der Waals surface area (Å²) < 4.78 is 28.6. The maximum Gasteiger partial charge on any atom is 0.363 e. The monoisotopic (exact) mass is 355 g/mol. The highest BCUT2D eigenvalue weighted by molar-refractivity contribution is 6.12. The summed E-state index contributed by atoms with van der Waals surface area (Å²) in [5, 5.41) is 0. The summed E-state index contributed by atoms with van der Waals surface area (Å²) in [5.41, 5.74) is 0.957. The van der Waals surface area contributed by atoms with E-state index < -0.39 is 17.8 Å². The first kappa shape index (κ1) is 17.3. The van der Waals surface area contributed by atoms with E-state index in [9.17, 15) is 14.0 Å². The van der Waals surface area contributed by atoms with Crippen LogP contribution in [0.5, 0.6) is 11.5 Å². The predicted molar refractivity (Wildman–Crippen MR) is 91.3 cm³/mol. The summed E-state index contributed by atoms with van der Waals surface area (Å²) in [6.07, 6.45) is 1.47. The highest BCUT2D eigenvalue weighted by Crippen LogP contribution is 2.30. The van der Waals surface area contributed by atoms with Crippen LogP contribution in [-0.4, -0.2) is 24.9 Å². The van der Waals surface area contributed by atoms with E-state index in [1.165, 1.54) is 44.4 Å². The summed E-state index contributed by atoms with van der Waals surface area (Å²) in [5.74, 6) is -1.00. The van der Waals surface area contributed by atoms with Crippen LogP contribution in [0.2, 0.25) is 0 Å².